The molecule has 59 heavy (non-hydrogen) atoms. The number of benzene rings is 9. The highest BCUT2D eigenvalue weighted by molar-refractivity contribution is 6.14. The number of hydrogen-bond acceptors (Lipinski definition) is 4. The Hall–Kier alpha value is -7.53. The van der Waals surface area contributed by atoms with Crippen LogP contribution in [-0.4, -0.2) is 20.1 Å². The fourth-order valence-electron chi connectivity index (χ4n) is 8.27. The smallest absolute Gasteiger partial charge is 0.164 e. The van der Waals surface area contributed by atoms with Crippen molar-refractivity contribution < 1.29 is 5.11 Å². The average molecular weight is 758 g/mol. The molecule has 4 nitrogen and oxygen atoms in total. The molecule has 280 valence electrons. The van der Waals surface area contributed by atoms with Crippen LogP contribution in [0.25, 0.3) is 100 Å². The van der Waals surface area contributed by atoms with E-state index in [9.17, 15) is 5.11 Å². The van der Waals surface area contributed by atoms with Crippen molar-refractivity contribution in [2.75, 3.05) is 0 Å². The second kappa shape index (κ2) is 15.4. The normalized spacial score (nSPS) is 11.3. The van der Waals surface area contributed by atoms with Crippen LogP contribution in [0.15, 0.2) is 200 Å². The van der Waals surface area contributed by atoms with Crippen LogP contribution in [0.3, 0.4) is 0 Å². The Morgan fingerprint density at radius 3 is 1.66 bits per heavy atom. The molecule has 0 bridgehead atoms. The van der Waals surface area contributed by atoms with Crippen molar-refractivity contribution in [3.63, 3.8) is 0 Å². The summed E-state index contributed by atoms with van der Waals surface area (Å²) in [6, 6.07) is 69.8. The molecule has 0 amide bonds. The number of nitrogens with zero attached hydrogens (tertiary/aromatic N) is 3. The van der Waals surface area contributed by atoms with Gasteiger partial charge in [-0.05, 0) is 114 Å². The number of aliphatic hydroxyl groups is 1. The number of hydrogen-bond donors (Lipinski definition) is 1. The maximum Gasteiger partial charge on any atom is 0.164 e. The Labute approximate surface area is 343 Å². The topological polar surface area (TPSA) is 58.9 Å². The largest absolute Gasteiger partial charge is 0.392 e. The Morgan fingerprint density at radius 2 is 0.898 bits per heavy atom. The van der Waals surface area contributed by atoms with E-state index in [2.05, 4.69) is 146 Å². The number of aliphatic hydroxyl groups excluding tert-OH is 1. The first-order valence-corrected chi connectivity index (χ1v) is 19.9. The first-order valence-electron chi connectivity index (χ1n) is 19.9. The van der Waals surface area contributed by atoms with Crippen LogP contribution < -0.4 is 0 Å². The highest BCUT2D eigenvalue weighted by Gasteiger charge is 2.19. The highest BCUT2D eigenvalue weighted by Crippen LogP contribution is 2.41. The minimum Gasteiger partial charge on any atom is -0.392 e. The summed E-state index contributed by atoms with van der Waals surface area (Å²) in [5, 5.41) is 15.1. The molecule has 0 radical (unpaired) electrons. The van der Waals surface area contributed by atoms with E-state index >= 15 is 0 Å². The summed E-state index contributed by atoms with van der Waals surface area (Å²) in [6.45, 7) is 2.09. The number of fused-ring (bicyclic) bond motifs is 3. The van der Waals surface area contributed by atoms with Gasteiger partial charge in [0.2, 0.25) is 0 Å². The van der Waals surface area contributed by atoms with E-state index in [0.717, 1.165) is 72.3 Å². The number of rotatable bonds is 8. The summed E-state index contributed by atoms with van der Waals surface area (Å²) >= 11 is 0. The lowest BCUT2D eigenvalue weighted by Gasteiger charge is -2.17. The highest BCUT2D eigenvalue weighted by atomic mass is 16.3. The third-order valence-corrected chi connectivity index (χ3v) is 11.2. The zero-order valence-electron chi connectivity index (χ0n) is 32.5. The van der Waals surface area contributed by atoms with E-state index in [-0.39, 0.29) is 6.61 Å². The summed E-state index contributed by atoms with van der Waals surface area (Å²) in [5.74, 6) is 1.80. The van der Waals surface area contributed by atoms with Gasteiger partial charge in [-0.3, -0.25) is 0 Å². The van der Waals surface area contributed by atoms with Crippen LogP contribution in [0.2, 0.25) is 0 Å². The molecule has 0 aliphatic rings. The van der Waals surface area contributed by atoms with Crippen molar-refractivity contribution in [3.05, 3.63) is 211 Å². The molecule has 4 heteroatoms. The molecule has 0 spiro atoms. The maximum atomic E-state index is 10.3. The molecular weight excluding hydrogens is 719 g/mol. The summed E-state index contributed by atoms with van der Waals surface area (Å²) in [5.41, 5.74) is 13.3. The lowest BCUT2D eigenvalue weighted by Crippen LogP contribution is -2.01. The van der Waals surface area contributed by atoms with Gasteiger partial charge < -0.3 is 5.11 Å². The van der Waals surface area contributed by atoms with E-state index in [4.69, 9.17) is 15.0 Å². The fraction of sp³-hybridized carbons (Fsp3) is 0.0364. The first kappa shape index (κ1) is 35.9. The van der Waals surface area contributed by atoms with E-state index in [1.807, 2.05) is 60.7 Å². The van der Waals surface area contributed by atoms with Crippen LogP contribution in [0.5, 0.6) is 0 Å². The molecule has 10 rings (SSSR count). The molecule has 0 saturated carbocycles. The third-order valence-electron chi connectivity index (χ3n) is 11.2. The van der Waals surface area contributed by atoms with Gasteiger partial charge in [-0.2, -0.15) is 0 Å². The van der Waals surface area contributed by atoms with Gasteiger partial charge in [-0.25, -0.2) is 15.0 Å². The van der Waals surface area contributed by atoms with E-state index < -0.39 is 0 Å². The van der Waals surface area contributed by atoms with Gasteiger partial charge in [0.1, 0.15) is 0 Å². The van der Waals surface area contributed by atoms with Crippen LogP contribution in [0.1, 0.15) is 11.1 Å². The van der Waals surface area contributed by atoms with Crippen molar-refractivity contribution in [1.29, 1.82) is 0 Å². The third kappa shape index (κ3) is 6.86. The van der Waals surface area contributed by atoms with Crippen molar-refractivity contribution in [2.24, 2.45) is 0 Å². The quantitative estimate of drug-likeness (QED) is 0.157. The van der Waals surface area contributed by atoms with Crippen molar-refractivity contribution >= 4 is 21.5 Å². The molecule has 9 aromatic carbocycles. The van der Waals surface area contributed by atoms with Gasteiger partial charge >= 0.3 is 0 Å². The Balaban J connectivity index is 1.25. The zero-order valence-corrected chi connectivity index (χ0v) is 32.5. The van der Waals surface area contributed by atoms with Crippen molar-refractivity contribution in [1.82, 2.24) is 15.0 Å². The monoisotopic (exact) mass is 757 g/mol. The first-order chi connectivity index (χ1) is 29.1. The standard InChI is InChI=1S/C55H39N3O/c1-36-28-29-39(33-51(36)47-24-11-9-21-41(47)35-59)42-30-43(52-34-40-20-8-10-23-46(40)48-25-13-14-26-49(48)52)32-44(31-42)54-56-53(38-18-6-3-7-19-38)57-55(58-54)50-27-15-12-22-45(50)37-16-4-2-5-17-37/h2-34,59H,35H2,1H3. The molecular formula is C55H39N3O. The van der Waals surface area contributed by atoms with Gasteiger partial charge in [-0.15, -0.1) is 0 Å². The lowest BCUT2D eigenvalue weighted by atomic mass is 9.89. The maximum absolute atomic E-state index is 10.3. The molecule has 0 aliphatic carbocycles. The lowest BCUT2D eigenvalue weighted by molar-refractivity contribution is 0.282. The van der Waals surface area contributed by atoms with Gasteiger partial charge in [0.25, 0.3) is 0 Å². The average Bonchev–Trinajstić information content (AvgIpc) is 3.31. The molecule has 1 aromatic heterocycles. The molecule has 0 fully saturated rings. The predicted molar refractivity (Wildman–Crippen MR) is 244 cm³/mol. The predicted octanol–water partition coefficient (Wildman–Crippen LogP) is 13.6. The second-order valence-corrected chi connectivity index (χ2v) is 14.9. The second-order valence-electron chi connectivity index (χ2n) is 14.9. The summed E-state index contributed by atoms with van der Waals surface area (Å²) < 4.78 is 0. The summed E-state index contributed by atoms with van der Waals surface area (Å²) in [4.78, 5) is 15.7. The van der Waals surface area contributed by atoms with Crippen LogP contribution in [0.4, 0.5) is 0 Å². The molecule has 0 aliphatic heterocycles. The van der Waals surface area contributed by atoms with Crippen LogP contribution in [0, 0.1) is 6.92 Å². The minimum atomic E-state index is -0.0343. The van der Waals surface area contributed by atoms with Gasteiger partial charge in [0.15, 0.2) is 17.5 Å². The van der Waals surface area contributed by atoms with Gasteiger partial charge in [-0.1, -0.05) is 170 Å². The zero-order chi connectivity index (χ0) is 39.7. The number of aromatic nitrogens is 3. The molecule has 10 aromatic rings. The summed E-state index contributed by atoms with van der Waals surface area (Å²) in [7, 11) is 0. The van der Waals surface area contributed by atoms with E-state index in [1.165, 1.54) is 21.5 Å². The summed E-state index contributed by atoms with van der Waals surface area (Å²) in [6.07, 6.45) is 0. The van der Waals surface area contributed by atoms with Crippen molar-refractivity contribution in [2.45, 2.75) is 13.5 Å². The Morgan fingerprint density at radius 1 is 0.339 bits per heavy atom. The van der Waals surface area contributed by atoms with Crippen LogP contribution >= 0.6 is 0 Å². The SMILES string of the molecule is Cc1ccc(-c2cc(-c3nc(-c4ccccc4)nc(-c4ccccc4-c4ccccc4)n3)cc(-c3cc4ccccc4c4ccccc34)c2)cc1-c1ccccc1CO. The van der Waals surface area contributed by atoms with Crippen molar-refractivity contribution in [3.8, 4) is 78.7 Å². The molecule has 0 saturated heterocycles. The fourth-order valence-corrected chi connectivity index (χ4v) is 8.27. The Bertz CT molecular complexity index is 3160. The molecule has 0 unspecified atom stereocenters. The van der Waals surface area contributed by atoms with Gasteiger partial charge in [0.05, 0.1) is 6.61 Å². The Kier molecular flexibility index (Phi) is 9.38. The molecule has 1 heterocycles. The minimum absolute atomic E-state index is 0.0343. The van der Waals surface area contributed by atoms with Gasteiger partial charge in [0, 0.05) is 16.7 Å². The number of aryl methyl sites for hydroxylation is 1. The van der Waals surface area contributed by atoms with E-state index in [1.54, 1.807) is 0 Å². The van der Waals surface area contributed by atoms with E-state index in [0.29, 0.717) is 17.5 Å². The molecule has 1 N–H and O–H groups in total. The van der Waals surface area contributed by atoms with Crippen LogP contribution in [-0.2, 0) is 6.61 Å². The molecule has 0 atom stereocenters.